The smallest absolute Gasteiger partial charge is 0.159 e. The van der Waals surface area contributed by atoms with E-state index in [2.05, 4.69) is 32.0 Å². The fourth-order valence-electron chi connectivity index (χ4n) is 4.67. The maximum atomic E-state index is 10.6. The molecule has 0 spiro atoms. The fraction of sp³-hybridized carbons (Fsp3) is 0.385. The molecule has 0 saturated heterocycles. The second-order valence-electron chi connectivity index (χ2n) is 9.86. The summed E-state index contributed by atoms with van der Waals surface area (Å²) in [6.07, 6.45) is 3.98. The van der Waals surface area contributed by atoms with Crippen LogP contribution in [0.2, 0.25) is 5.02 Å². The minimum Gasteiger partial charge on any atom is -0.386 e. The number of rotatable bonds is 7. The highest BCUT2D eigenvalue weighted by Crippen LogP contribution is 2.36. The molecule has 8 nitrogen and oxygen atoms in total. The Balaban J connectivity index is 1.51. The van der Waals surface area contributed by atoms with E-state index in [1.165, 1.54) is 19.2 Å². The lowest BCUT2D eigenvalue weighted by atomic mass is 9.96. The predicted molar refractivity (Wildman–Crippen MR) is 137 cm³/mol. The first-order valence-corrected chi connectivity index (χ1v) is 12.2. The number of aliphatic hydroxyl groups is 1. The van der Waals surface area contributed by atoms with E-state index in [0.29, 0.717) is 22.6 Å². The van der Waals surface area contributed by atoms with Crippen molar-refractivity contribution in [3.05, 3.63) is 64.2 Å². The molecule has 1 saturated carbocycles. The summed E-state index contributed by atoms with van der Waals surface area (Å²) in [4.78, 5) is 8.91. The van der Waals surface area contributed by atoms with Crippen LogP contribution in [0, 0.1) is 26.7 Å². The van der Waals surface area contributed by atoms with E-state index < -0.39 is 5.60 Å². The molecule has 0 radical (unpaired) electrons. The zero-order valence-electron chi connectivity index (χ0n) is 20.7. The van der Waals surface area contributed by atoms with Crippen LogP contribution in [0.5, 0.6) is 0 Å². The van der Waals surface area contributed by atoms with Gasteiger partial charge in [-0.2, -0.15) is 10.2 Å². The number of nitrogens with one attached hydrogen (secondary N) is 1. The third-order valence-electron chi connectivity index (χ3n) is 6.45. The van der Waals surface area contributed by atoms with Gasteiger partial charge in [0.2, 0.25) is 0 Å². The minimum absolute atomic E-state index is 0.627. The fourth-order valence-corrected chi connectivity index (χ4v) is 4.80. The maximum Gasteiger partial charge on any atom is 0.159 e. The van der Waals surface area contributed by atoms with Gasteiger partial charge in [-0.15, -0.1) is 0 Å². The topological polar surface area (TPSA) is 93.7 Å². The second-order valence-corrected chi connectivity index (χ2v) is 10.3. The normalized spacial score (nSPS) is 13.9. The molecule has 0 atom stereocenters. The first-order valence-electron chi connectivity index (χ1n) is 11.8. The molecule has 5 rings (SSSR count). The highest BCUT2D eigenvalue weighted by atomic mass is 35.5. The lowest BCUT2D eigenvalue weighted by Gasteiger charge is -2.18. The highest BCUT2D eigenvalue weighted by Gasteiger charge is 2.27. The van der Waals surface area contributed by atoms with E-state index in [1.54, 1.807) is 18.5 Å². The van der Waals surface area contributed by atoms with Gasteiger partial charge in [0.1, 0.15) is 18.0 Å². The number of aryl methyl sites for hydroxylation is 1. The van der Waals surface area contributed by atoms with Crippen molar-refractivity contribution in [2.24, 2.45) is 5.92 Å². The van der Waals surface area contributed by atoms with Gasteiger partial charge in [-0.1, -0.05) is 23.7 Å². The average Bonchev–Trinajstić information content (AvgIpc) is 3.49. The summed E-state index contributed by atoms with van der Waals surface area (Å²) >= 11 is 6.10. The van der Waals surface area contributed by atoms with Crippen molar-refractivity contribution < 1.29 is 5.11 Å². The van der Waals surface area contributed by atoms with Crippen molar-refractivity contribution in [2.45, 2.75) is 59.6 Å². The first-order chi connectivity index (χ1) is 16.6. The number of nitrogens with zero attached hydrogens (tertiary/aromatic N) is 6. The van der Waals surface area contributed by atoms with E-state index in [1.807, 2.05) is 44.2 Å². The van der Waals surface area contributed by atoms with Crippen LogP contribution in [0.15, 0.2) is 36.7 Å². The van der Waals surface area contributed by atoms with Crippen LogP contribution in [0.3, 0.4) is 0 Å². The molecule has 4 aromatic rings. The van der Waals surface area contributed by atoms with Crippen LogP contribution in [0.1, 0.15) is 49.2 Å². The molecule has 0 unspecified atom stereocenters. The second kappa shape index (κ2) is 8.77. The Morgan fingerprint density at radius 3 is 2.43 bits per heavy atom. The first kappa shape index (κ1) is 23.5. The van der Waals surface area contributed by atoms with Gasteiger partial charge in [-0.25, -0.2) is 19.3 Å². The number of halogens is 1. The Kier molecular flexibility index (Phi) is 5.89. The quantitative estimate of drug-likeness (QED) is 0.355. The van der Waals surface area contributed by atoms with Gasteiger partial charge >= 0.3 is 0 Å². The monoisotopic (exact) mass is 491 g/mol. The summed E-state index contributed by atoms with van der Waals surface area (Å²) in [6.45, 7) is 10.3. The number of hydrogen-bond donors (Lipinski definition) is 2. The number of aromatic nitrogens is 6. The van der Waals surface area contributed by atoms with Crippen molar-refractivity contribution in [2.75, 3.05) is 5.32 Å². The van der Waals surface area contributed by atoms with Crippen LogP contribution in [0.25, 0.3) is 17.1 Å². The summed E-state index contributed by atoms with van der Waals surface area (Å²) in [5.74, 6) is 2.85. The van der Waals surface area contributed by atoms with Gasteiger partial charge in [0, 0.05) is 40.0 Å². The molecule has 9 heteroatoms. The van der Waals surface area contributed by atoms with Crippen LogP contribution in [-0.2, 0) is 12.1 Å². The Labute approximate surface area is 210 Å². The van der Waals surface area contributed by atoms with Gasteiger partial charge in [0.05, 0.1) is 17.0 Å². The Morgan fingerprint density at radius 2 is 1.80 bits per heavy atom. The highest BCUT2D eigenvalue weighted by molar-refractivity contribution is 6.30. The van der Waals surface area contributed by atoms with E-state index >= 15 is 0 Å². The van der Waals surface area contributed by atoms with E-state index in [-0.39, 0.29) is 0 Å². The number of anilines is 2. The molecular weight excluding hydrogens is 462 g/mol. The minimum atomic E-state index is -0.995. The predicted octanol–water partition coefficient (Wildman–Crippen LogP) is 5.49. The summed E-state index contributed by atoms with van der Waals surface area (Å²) in [5.41, 5.74) is 4.42. The van der Waals surface area contributed by atoms with E-state index in [0.717, 1.165) is 46.1 Å². The lowest BCUT2D eigenvalue weighted by molar-refractivity contribution is 0.0772. The summed E-state index contributed by atoms with van der Waals surface area (Å²) in [7, 11) is 0. The van der Waals surface area contributed by atoms with E-state index in [9.17, 15) is 5.11 Å². The van der Waals surface area contributed by atoms with Crippen LogP contribution < -0.4 is 5.32 Å². The summed E-state index contributed by atoms with van der Waals surface area (Å²) < 4.78 is 3.80. The zero-order chi connectivity index (χ0) is 24.9. The van der Waals surface area contributed by atoms with Crippen molar-refractivity contribution in [1.82, 2.24) is 29.5 Å². The molecule has 1 aliphatic carbocycles. The zero-order valence-corrected chi connectivity index (χ0v) is 21.4. The van der Waals surface area contributed by atoms with Gasteiger partial charge in [-0.3, -0.25) is 0 Å². The van der Waals surface area contributed by atoms with Crippen LogP contribution in [-0.4, -0.2) is 34.6 Å². The van der Waals surface area contributed by atoms with Crippen molar-refractivity contribution in [3.63, 3.8) is 0 Å². The largest absolute Gasteiger partial charge is 0.386 e. The van der Waals surface area contributed by atoms with Gasteiger partial charge < -0.3 is 10.4 Å². The molecule has 0 amide bonds. The van der Waals surface area contributed by atoms with Crippen LogP contribution in [0.4, 0.5) is 11.6 Å². The average molecular weight is 492 g/mol. The standard InChI is InChI=1S/C26H30ClN7O/c1-15-24(19-8-10-20(27)11-9-19)32-33(13-18-6-7-18)25(15)30-21-12-22(29-14-28-21)34-17(3)23(16(2)31-34)26(4,5)35/h8-12,14,18,35H,6-7,13H2,1-5H3,(H,28,29,30). The lowest BCUT2D eigenvalue weighted by Crippen LogP contribution is -2.18. The summed E-state index contributed by atoms with van der Waals surface area (Å²) in [5, 5.41) is 24.4. The molecule has 2 N–H and O–H groups in total. The molecule has 3 aromatic heterocycles. The molecule has 3 heterocycles. The Morgan fingerprint density at radius 1 is 1.09 bits per heavy atom. The SMILES string of the molecule is Cc1nn(-c2cc(Nc3c(C)c(-c4ccc(Cl)cc4)nn3CC3CC3)ncn2)c(C)c1C(C)(C)O. The molecule has 182 valence electrons. The van der Waals surface area contributed by atoms with Crippen molar-refractivity contribution >= 4 is 23.2 Å². The Hall–Kier alpha value is -3.23. The molecule has 1 aromatic carbocycles. The molecule has 0 bridgehead atoms. The van der Waals surface area contributed by atoms with Gasteiger partial charge in [-0.05, 0) is 65.5 Å². The summed E-state index contributed by atoms with van der Waals surface area (Å²) in [6, 6.07) is 9.62. The molecule has 1 fully saturated rings. The maximum absolute atomic E-state index is 10.6. The number of benzene rings is 1. The third-order valence-corrected chi connectivity index (χ3v) is 6.71. The molecule has 1 aliphatic rings. The van der Waals surface area contributed by atoms with Crippen LogP contribution >= 0.6 is 11.6 Å². The third kappa shape index (κ3) is 4.68. The number of hydrogen-bond acceptors (Lipinski definition) is 6. The van der Waals surface area contributed by atoms with Crippen molar-refractivity contribution in [1.29, 1.82) is 0 Å². The van der Waals surface area contributed by atoms with E-state index in [4.69, 9.17) is 16.7 Å². The molecular formula is C26H30ClN7O. The molecule has 0 aliphatic heterocycles. The molecule has 35 heavy (non-hydrogen) atoms. The van der Waals surface area contributed by atoms with Gasteiger partial charge in [0.15, 0.2) is 5.82 Å². The van der Waals surface area contributed by atoms with Crippen molar-refractivity contribution in [3.8, 4) is 17.1 Å². The van der Waals surface area contributed by atoms with Gasteiger partial charge in [0.25, 0.3) is 0 Å². The Bertz CT molecular complexity index is 1380.